The quantitative estimate of drug-likeness (QED) is 0.811. The van der Waals surface area contributed by atoms with E-state index in [1.54, 1.807) is 0 Å². The van der Waals surface area contributed by atoms with Crippen LogP contribution in [0.5, 0.6) is 0 Å². The molecule has 0 amide bonds. The highest BCUT2D eigenvalue weighted by atomic mass is 15.2. The number of nitrogens with zero attached hydrogens (tertiary/aromatic N) is 1. The second-order valence-corrected chi connectivity index (χ2v) is 6.01. The zero-order chi connectivity index (χ0) is 12.8. The summed E-state index contributed by atoms with van der Waals surface area (Å²) >= 11 is 0. The molecule has 1 aliphatic heterocycles. The third-order valence-electron chi connectivity index (χ3n) is 4.28. The Kier molecular flexibility index (Phi) is 6.50. The highest BCUT2D eigenvalue weighted by Crippen LogP contribution is 2.18. The maximum absolute atomic E-state index is 3.75. The van der Waals surface area contributed by atoms with Crippen LogP contribution in [0.1, 0.15) is 60.3 Å². The van der Waals surface area contributed by atoms with Crippen LogP contribution in [0.3, 0.4) is 0 Å². The molecule has 1 N–H and O–H groups in total. The van der Waals surface area contributed by atoms with E-state index in [0.717, 1.165) is 18.0 Å². The monoisotopic (exact) mass is 240 g/mol. The molecule has 3 atom stereocenters. The summed E-state index contributed by atoms with van der Waals surface area (Å²) in [6.07, 6.45) is 5.15. The normalized spacial score (nSPS) is 30.0. The minimum absolute atomic E-state index is 0.674. The van der Waals surface area contributed by atoms with E-state index in [0.29, 0.717) is 6.04 Å². The molecular weight excluding hydrogens is 208 g/mol. The molecule has 0 saturated carbocycles. The Balaban J connectivity index is 2.60. The molecule has 1 heterocycles. The number of hydrogen-bond donors (Lipinski definition) is 1. The van der Waals surface area contributed by atoms with Gasteiger partial charge in [-0.3, -0.25) is 0 Å². The van der Waals surface area contributed by atoms with Crippen molar-refractivity contribution in [3.63, 3.8) is 0 Å². The molecule has 2 heteroatoms. The van der Waals surface area contributed by atoms with Crippen molar-refractivity contribution in [3.05, 3.63) is 0 Å². The topological polar surface area (TPSA) is 15.3 Å². The predicted molar refractivity (Wildman–Crippen MR) is 76.4 cm³/mol. The van der Waals surface area contributed by atoms with Crippen LogP contribution in [0.4, 0.5) is 0 Å². The minimum atomic E-state index is 0.674. The Morgan fingerprint density at radius 1 is 1.18 bits per heavy atom. The lowest BCUT2D eigenvalue weighted by atomic mass is 9.97. The van der Waals surface area contributed by atoms with Gasteiger partial charge >= 0.3 is 0 Å². The molecule has 2 nitrogen and oxygen atoms in total. The molecule has 0 aromatic rings. The molecule has 1 fully saturated rings. The van der Waals surface area contributed by atoms with E-state index in [4.69, 9.17) is 0 Å². The Hall–Kier alpha value is -0.0800. The van der Waals surface area contributed by atoms with Gasteiger partial charge in [0.15, 0.2) is 0 Å². The lowest BCUT2D eigenvalue weighted by Crippen LogP contribution is -2.48. The first kappa shape index (κ1) is 15.0. The summed E-state index contributed by atoms with van der Waals surface area (Å²) in [6.45, 7) is 14.2. The summed E-state index contributed by atoms with van der Waals surface area (Å²) in [6, 6.07) is 2.17. The zero-order valence-corrected chi connectivity index (χ0v) is 12.5. The van der Waals surface area contributed by atoms with Crippen molar-refractivity contribution in [3.8, 4) is 0 Å². The van der Waals surface area contributed by atoms with Crippen LogP contribution in [0, 0.1) is 5.92 Å². The lowest BCUT2D eigenvalue weighted by molar-refractivity contribution is 0.123. The summed E-state index contributed by atoms with van der Waals surface area (Å²) in [5, 5.41) is 3.75. The van der Waals surface area contributed by atoms with Gasteiger partial charge in [-0.25, -0.2) is 0 Å². The molecule has 17 heavy (non-hydrogen) atoms. The first-order chi connectivity index (χ1) is 8.08. The standard InChI is InChI=1S/C15H32N2/c1-6-14-9-11-17(10-8-13(5)16-14)15(7-2)12(3)4/h12-16H,6-11H2,1-5H3. The Morgan fingerprint density at radius 2 is 1.82 bits per heavy atom. The second-order valence-electron chi connectivity index (χ2n) is 6.01. The summed E-state index contributed by atoms with van der Waals surface area (Å²) in [4.78, 5) is 2.74. The minimum Gasteiger partial charge on any atom is -0.311 e. The lowest BCUT2D eigenvalue weighted by Gasteiger charge is -2.38. The first-order valence-corrected chi connectivity index (χ1v) is 7.58. The molecule has 102 valence electrons. The van der Waals surface area contributed by atoms with E-state index in [2.05, 4.69) is 44.8 Å². The third kappa shape index (κ3) is 4.59. The maximum Gasteiger partial charge on any atom is 0.0116 e. The van der Waals surface area contributed by atoms with E-state index in [9.17, 15) is 0 Å². The summed E-state index contributed by atoms with van der Waals surface area (Å²) in [7, 11) is 0. The van der Waals surface area contributed by atoms with Gasteiger partial charge in [0, 0.05) is 18.1 Å². The maximum atomic E-state index is 3.75. The molecule has 0 aromatic heterocycles. The molecule has 0 aromatic carbocycles. The SMILES string of the molecule is CCC1CCN(C(CC)C(C)C)CCC(C)N1. The Bertz CT molecular complexity index is 203. The van der Waals surface area contributed by atoms with Crippen LogP contribution in [-0.4, -0.2) is 36.1 Å². The average molecular weight is 240 g/mol. The highest BCUT2D eigenvalue weighted by Gasteiger charge is 2.23. The second kappa shape index (κ2) is 7.38. The number of hydrogen-bond acceptors (Lipinski definition) is 2. The fraction of sp³-hybridized carbons (Fsp3) is 1.00. The van der Waals surface area contributed by atoms with E-state index < -0.39 is 0 Å². The van der Waals surface area contributed by atoms with Crippen LogP contribution < -0.4 is 5.32 Å². The van der Waals surface area contributed by atoms with Crippen molar-refractivity contribution in [2.24, 2.45) is 5.92 Å². The fourth-order valence-electron chi connectivity index (χ4n) is 3.17. The van der Waals surface area contributed by atoms with Crippen molar-refractivity contribution in [2.45, 2.75) is 78.4 Å². The van der Waals surface area contributed by atoms with Gasteiger partial charge in [0.05, 0.1) is 0 Å². The van der Waals surface area contributed by atoms with Crippen molar-refractivity contribution in [2.75, 3.05) is 13.1 Å². The van der Waals surface area contributed by atoms with E-state index >= 15 is 0 Å². The van der Waals surface area contributed by atoms with Crippen molar-refractivity contribution in [1.82, 2.24) is 10.2 Å². The first-order valence-electron chi connectivity index (χ1n) is 7.58. The molecule has 0 radical (unpaired) electrons. The van der Waals surface area contributed by atoms with Gasteiger partial charge in [-0.2, -0.15) is 0 Å². The summed E-state index contributed by atoms with van der Waals surface area (Å²) in [5.74, 6) is 0.780. The van der Waals surface area contributed by atoms with Gasteiger partial charge in [0.1, 0.15) is 0 Å². The van der Waals surface area contributed by atoms with Crippen LogP contribution in [0.2, 0.25) is 0 Å². The van der Waals surface area contributed by atoms with Gasteiger partial charge in [0.25, 0.3) is 0 Å². The largest absolute Gasteiger partial charge is 0.311 e. The molecule has 1 saturated heterocycles. The van der Waals surface area contributed by atoms with Crippen LogP contribution in [-0.2, 0) is 0 Å². The summed E-state index contributed by atoms with van der Waals surface area (Å²) < 4.78 is 0. The molecule has 0 spiro atoms. The molecule has 1 aliphatic rings. The van der Waals surface area contributed by atoms with Gasteiger partial charge in [-0.1, -0.05) is 27.7 Å². The van der Waals surface area contributed by atoms with Crippen LogP contribution in [0.25, 0.3) is 0 Å². The van der Waals surface area contributed by atoms with Crippen LogP contribution in [0.15, 0.2) is 0 Å². The van der Waals surface area contributed by atoms with E-state index in [1.807, 2.05) is 0 Å². The smallest absolute Gasteiger partial charge is 0.0116 e. The van der Waals surface area contributed by atoms with Crippen LogP contribution >= 0.6 is 0 Å². The molecule has 0 bridgehead atoms. The summed E-state index contributed by atoms with van der Waals surface area (Å²) in [5.41, 5.74) is 0. The van der Waals surface area contributed by atoms with Gasteiger partial charge in [-0.15, -0.1) is 0 Å². The molecular formula is C15H32N2. The van der Waals surface area contributed by atoms with Gasteiger partial charge < -0.3 is 10.2 Å². The van der Waals surface area contributed by atoms with E-state index in [-0.39, 0.29) is 0 Å². The Morgan fingerprint density at radius 3 is 2.35 bits per heavy atom. The fourth-order valence-corrected chi connectivity index (χ4v) is 3.17. The number of rotatable bonds is 4. The highest BCUT2D eigenvalue weighted by molar-refractivity contribution is 4.81. The third-order valence-corrected chi connectivity index (χ3v) is 4.28. The molecule has 3 unspecified atom stereocenters. The van der Waals surface area contributed by atoms with E-state index in [1.165, 1.54) is 38.8 Å². The molecule has 0 aliphatic carbocycles. The van der Waals surface area contributed by atoms with Crippen molar-refractivity contribution >= 4 is 0 Å². The number of nitrogens with one attached hydrogen (secondary N) is 1. The van der Waals surface area contributed by atoms with Crippen molar-refractivity contribution in [1.29, 1.82) is 0 Å². The van der Waals surface area contributed by atoms with Gasteiger partial charge in [0.2, 0.25) is 0 Å². The predicted octanol–water partition coefficient (Wildman–Crippen LogP) is 3.27. The van der Waals surface area contributed by atoms with Crippen molar-refractivity contribution < 1.29 is 0 Å². The zero-order valence-electron chi connectivity index (χ0n) is 12.5. The van der Waals surface area contributed by atoms with Gasteiger partial charge in [-0.05, 0) is 51.6 Å². The average Bonchev–Trinajstić information content (AvgIpc) is 2.27. The Labute approximate surface area is 108 Å². The molecule has 1 rings (SSSR count).